The van der Waals surface area contributed by atoms with Gasteiger partial charge in [-0.2, -0.15) is 6.04 Å². The summed E-state index contributed by atoms with van der Waals surface area (Å²) in [7, 11) is 0. The van der Waals surface area contributed by atoms with E-state index in [1.807, 2.05) is 0 Å². The average molecular weight is 297 g/mol. The third-order valence-corrected chi connectivity index (χ3v) is 0.823. The van der Waals surface area contributed by atoms with Gasteiger partial charge in [-0.25, -0.2) is 0 Å². The minimum Gasteiger partial charge on any atom is -0.669 e. The van der Waals surface area contributed by atoms with Crippen molar-refractivity contribution in [2.75, 3.05) is 0 Å². The molecule has 0 saturated carbocycles. The van der Waals surface area contributed by atoms with Gasteiger partial charge in [0.1, 0.15) is 5.78 Å². The molecule has 1 radical (unpaired) electrons. The van der Waals surface area contributed by atoms with Gasteiger partial charge in [0.15, 0.2) is 0 Å². The molecule has 0 aliphatic carbocycles. The number of Topliss-reactive ketones (excluding diaryl/α,β-unsaturated/α-hetero) is 1. The first-order valence-corrected chi connectivity index (χ1v) is 2.28. The Bertz CT molecular complexity index is 95.0. The summed E-state index contributed by atoms with van der Waals surface area (Å²) < 4.78 is 0. The first-order valence-electron chi connectivity index (χ1n) is 2.28. The Morgan fingerprint density at radius 2 is 2.11 bits per heavy atom. The molecule has 0 saturated heterocycles. The third kappa shape index (κ3) is 4.76. The molecule has 4 heteroatoms. The number of ketones is 1. The van der Waals surface area contributed by atoms with Crippen molar-refractivity contribution in [3.8, 4) is 0 Å². The molecule has 51 valence electrons. The van der Waals surface area contributed by atoms with Gasteiger partial charge in [0.2, 0.25) is 0 Å². The van der Waals surface area contributed by atoms with Crippen LogP contribution in [0.25, 0.3) is 5.73 Å². The number of hydrogen-bond acceptors (Lipinski definition) is 2. The largest absolute Gasteiger partial charge is 2.00 e. The molecule has 2 unspecified atom stereocenters. The molecule has 0 amide bonds. The van der Waals surface area contributed by atoms with Gasteiger partial charge in [0, 0.05) is 0 Å². The minimum atomic E-state index is -0.963. The minimum absolute atomic E-state index is 0. The van der Waals surface area contributed by atoms with Crippen LogP contribution >= 0.6 is 0 Å². The number of rotatable bonds is 2. The maximum Gasteiger partial charge on any atom is 2.00 e. The van der Waals surface area contributed by atoms with Crippen LogP contribution in [0.5, 0.6) is 0 Å². The summed E-state index contributed by atoms with van der Waals surface area (Å²) in [6.07, 6.45) is 0. The van der Waals surface area contributed by atoms with Gasteiger partial charge in [-0.3, -0.25) is 0 Å². The summed E-state index contributed by atoms with van der Waals surface area (Å²) in [6.45, 7) is 6.30. The van der Waals surface area contributed by atoms with E-state index in [0.717, 1.165) is 0 Å². The van der Waals surface area contributed by atoms with E-state index in [-0.39, 0.29) is 26.8 Å². The molecule has 0 fully saturated rings. The van der Waals surface area contributed by atoms with Crippen LogP contribution in [0.2, 0.25) is 0 Å². The average Bonchev–Trinajstić information content (AvgIpc) is 1.64. The molecule has 0 aliphatic rings. The fraction of sp³-hybridized carbons (Fsp3) is 0.600. The van der Waals surface area contributed by atoms with Gasteiger partial charge in [0.25, 0.3) is 0 Å². The Morgan fingerprint density at radius 3 is 2.11 bits per heavy atom. The van der Waals surface area contributed by atoms with Crippen LogP contribution in [0.3, 0.4) is 0 Å². The van der Waals surface area contributed by atoms with Crippen molar-refractivity contribution in [2.24, 2.45) is 5.73 Å². The molecule has 3 N–H and O–H groups in total. The van der Waals surface area contributed by atoms with Crippen LogP contribution in [-0.4, -0.2) is 17.9 Å². The smallest absolute Gasteiger partial charge is 0.669 e. The number of hydrogen-bond donors (Lipinski definition) is 1. The summed E-state index contributed by atoms with van der Waals surface area (Å²) in [4.78, 5) is 10.2. The zero-order valence-electron chi connectivity index (χ0n) is 5.13. The Hall–Kier alpha value is 0.278. The van der Waals surface area contributed by atoms with Crippen LogP contribution in [0.1, 0.15) is 6.92 Å². The first kappa shape index (κ1) is 12.0. The Balaban J connectivity index is 0. The molecule has 0 aromatic carbocycles. The fourth-order valence-corrected chi connectivity index (χ4v) is 0.271. The Morgan fingerprint density at radius 1 is 1.78 bits per heavy atom. The second-order valence-corrected chi connectivity index (χ2v) is 1.67. The van der Waals surface area contributed by atoms with Crippen molar-refractivity contribution < 1.29 is 25.9 Å². The summed E-state index contributed by atoms with van der Waals surface area (Å²) in [6, 6.07) is -1.80. The van der Waals surface area contributed by atoms with Gasteiger partial charge in [-0.1, -0.05) is 6.04 Å². The molecule has 9 heavy (non-hydrogen) atoms. The summed E-state index contributed by atoms with van der Waals surface area (Å²) >= 11 is 0. The van der Waals surface area contributed by atoms with Crippen LogP contribution in [0, 0.1) is 6.92 Å². The second-order valence-electron chi connectivity index (χ2n) is 1.67. The predicted molar refractivity (Wildman–Crippen MR) is 31.1 cm³/mol. The first-order chi connectivity index (χ1) is 3.55. The van der Waals surface area contributed by atoms with Gasteiger partial charge < -0.3 is 23.2 Å². The van der Waals surface area contributed by atoms with E-state index in [1.54, 1.807) is 0 Å². The van der Waals surface area contributed by atoms with Crippen LogP contribution in [0.4, 0.5) is 0 Å². The Kier molecular flexibility index (Phi) is 6.79. The standard InChI is InChI=1S/C5H9N2O.W/c1-3(6)5(7)4(2)8;/h1,3,5,7H,6H2,2H3;/q-2;+2. The van der Waals surface area contributed by atoms with Gasteiger partial charge in [0.05, 0.1) is 0 Å². The van der Waals surface area contributed by atoms with E-state index in [4.69, 9.17) is 18.4 Å². The van der Waals surface area contributed by atoms with Crippen LogP contribution in [0.15, 0.2) is 0 Å². The van der Waals surface area contributed by atoms with Gasteiger partial charge >= 0.3 is 21.1 Å². The molecular formula is C5H9N2OW. The van der Waals surface area contributed by atoms with Crippen molar-refractivity contribution in [3.63, 3.8) is 0 Å². The molecule has 0 bridgehead atoms. The van der Waals surface area contributed by atoms with Crippen molar-refractivity contribution in [3.05, 3.63) is 12.7 Å². The van der Waals surface area contributed by atoms with Crippen LogP contribution in [-0.2, 0) is 25.9 Å². The Labute approximate surface area is 69.4 Å². The van der Waals surface area contributed by atoms with E-state index in [2.05, 4.69) is 0 Å². The summed E-state index contributed by atoms with van der Waals surface area (Å²) in [5.74, 6) is -0.292. The molecule has 2 atom stereocenters. The zero-order valence-corrected chi connectivity index (χ0v) is 8.06. The van der Waals surface area contributed by atoms with E-state index >= 15 is 0 Å². The molecular weight excluding hydrogens is 288 g/mol. The molecule has 0 rings (SSSR count). The van der Waals surface area contributed by atoms with Crippen LogP contribution < -0.4 is 5.73 Å². The van der Waals surface area contributed by atoms with E-state index in [9.17, 15) is 4.79 Å². The SMILES string of the molecule is [CH-]C(N)C([NH-])C(C)=O.[W+2]. The topological polar surface area (TPSA) is 66.9 Å². The maximum absolute atomic E-state index is 10.2. The number of nitrogens with one attached hydrogen (secondary N) is 1. The molecule has 0 spiro atoms. The second kappa shape index (κ2) is 5.09. The number of nitrogens with two attached hydrogens (primary N) is 1. The number of carbonyl (C=O) groups excluding carboxylic acids is 1. The monoisotopic (exact) mass is 297 g/mol. The molecule has 3 nitrogen and oxygen atoms in total. The van der Waals surface area contributed by atoms with Crippen molar-refractivity contribution in [1.82, 2.24) is 0 Å². The van der Waals surface area contributed by atoms with E-state index < -0.39 is 12.1 Å². The normalized spacial score (nSPS) is 15.6. The maximum atomic E-state index is 10.2. The van der Waals surface area contributed by atoms with Gasteiger partial charge in [-0.15, -0.1) is 0 Å². The number of carbonyl (C=O) groups is 1. The zero-order chi connectivity index (χ0) is 6.73. The van der Waals surface area contributed by atoms with Gasteiger partial charge in [-0.05, 0) is 6.92 Å². The third-order valence-electron chi connectivity index (χ3n) is 0.823. The summed E-state index contributed by atoms with van der Waals surface area (Å²) in [5.41, 5.74) is 11.9. The van der Waals surface area contributed by atoms with E-state index in [1.165, 1.54) is 6.92 Å². The molecule has 0 aromatic rings. The van der Waals surface area contributed by atoms with Crippen molar-refractivity contribution >= 4 is 5.78 Å². The van der Waals surface area contributed by atoms with Crippen molar-refractivity contribution in [1.29, 1.82) is 0 Å². The predicted octanol–water partition coefficient (Wildman–Crippen LogP) is 0.0321. The molecule has 0 aromatic heterocycles. The quantitative estimate of drug-likeness (QED) is 0.731. The van der Waals surface area contributed by atoms with E-state index in [0.29, 0.717) is 0 Å². The molecule has 0 heterocycles. The van der Waals surface area contributed by atoms with Crippen molar-refractivity contribution in [2.45, 2.75) is 19.0 Å². The molecule has 0 aliphatic heterocycles. The summed E-state index contributed by atoms with van der Waals surface area (Å²) in [5, 5.41) is 0. The fourth-order valence-electron chi connectivity index (χ4n) is 0.271.